The van der Waals surface area contributed by atoms with Crippen LogP contribution in [0.15, 0.2) is 12.1 Å². The first-order valence-corrected chi connectivity index (χ1v) is 14.4. The first-order valence-electron chi connectivity index (χ1n) is 14.0. The molecule has 2 aromatic carbocycles. The molecule has 2 aliphatic heterocycles. The third-order valence-corrected chi connectivity index (χ3v) is 8.11. The second kappa shape index (κ2) is 13.6. The number of fused-ring (bicyclic) bond motifs is 2. The number of benzene rings is 2. The number of phenols is 1. The van der Waals surface area contributed by atoms with Crippen molar-refractivity contribution in [3.8, 4) is 23.0 Å². The number of nitrogens with zero attached hydrogens (tertiary/aromatic N) is 2. The molecule has 0 saturated carbocycles. The van der Waals surface area contributed by atoms with Crippen LogP contribution in [0.4, 0.5) is 4.39 Å². The minimum Gasteiger partial charge on any atom is -0.504 e. The van der Waals surface area contributed by atoms with Crippen LogP contribution in [0.1, 0.15) is 55.4 Å². The average Bonchev–Trinajstić information content (AvgIpc) is 3.60. The molecular formula is C30H34ClFN2O10. The van der Waals surface area contributed by atoms with Crippen molar-refractivity contribution in [2.45, 2.75) is 59.3 Å². The van der Waals surface area contributed by atoms with Gasteiger partial charge in [0.15, 0.2) is 28.8 Å². The summed E-state index contributed by atoms with van der Waals surface area (Å²) < 4.78 is 32.1. The number of carboxylic acids is 2. The molecule has 3 N–H and O–H groups in total. The molecule has 0 aromatic heterocycles. The van der Waals surface area contributed by atoms with Crippen LogP contribution in [0, 0.1) is 17.7 Å². The van der Waals surface area contributed by atoms with Gasteiger partial charge < -0.3 is 39.3 Å². The van der Waals surface area contributed by atoms with Gasteiger partial charge in [-0.1, -0.05) is 25.4 Å². The zero-order chi connectivity index (χ0) is 32.3. The van der Waals surface area contributed by atoms with Gasteiger partial charge in [0.2, 0.25) is 11.8 Å². The molecule has 0 fully saturated rings. The highest BCUT2D eigenvalue weighted by molar-refractivity contribution is 6.33. The summed E-state index contributed by atoms with van der Waals surface area (Å²) in [7, 11) is 1.45. The van der Waals surface area contributed by atoms with Crippen LogP contribution in [-0.2, 0) is 45.4 Å². The molecule has 44 heavy (non-hydrogen) atoms. The summed E-state index contributed by atoms with van der Waals surface area (Å²) in [5, 5.41) is 28.8. The fourth-order valence-corrected chi connectivity index (χ4v) is 5.40. The maximum absolute atomic E-state index is 15.3. The lowest BCUT2D eigenvalue weighted by Crippen LogP contribution is -2.28. The largest absolute Gasteiger partial charge is 0.504 e. The number of aliphatic carboxylic acids is 2. The van der Waals surface area contributed by atoms with Gasteiger partial charge in [0, 0.05) is 51.0 Å². The number of phenolic OH excluding ortho intramolecular Hbond substituents is 1. The van der Waals surface area contributed by atoms with Gasteiger partial charge >= 0.3 is 11.9 Å². The SMILES string of the molecule is COc1cc2c(c(Cl)c1OCCCOc1c(O)cc3c(c1F)CN(C(=O)CC(C)C(=O)O)C3)CN(C(=O)CC(C)C(=O)O)C2. The molecule has 4 rings (SSSR count). The summed E-state index contributed by atoms with van der Waals surface area (Å²) in [4.78, 5) is 50.2. The van der Waals surface area contributed by atoms with Crippen LogP contribution in [0.5, 0.6) is 23.0 Å². The van der Waals surface area contributed by atoms with E-state index in [-0.39, 0.29) is 86.6 Å². The van der Waals surface area contributed by atoms with E-state index in [1.807, 2.05) is 0 Å². The smallest absolute Gasteiger partial charge is 0.306 e. The fraction of sp³-hybridized carbons (Fsp3) is 0.467. The number of halogens is 2. The molecule has 0 saturated heterocycles. The molecule has 2 aromatic rings. The first kappa shape index (κ1) is 32.6. The molecule has 2 amide bonds. The van der Waals surface area contributed by atoms with Crippen LogP contribution < -0.4 is 14.2 Å². The van der Waals surface area contributed by atoms with Crippen LogP contribution in [-0.4, -0.2) is 69.2 Å². The normalized spacial score (nSPS) is 14.9. The zero-order valence-corrected chi connectivity index (χ0v) is 25.3. The zero-order valence-electron chi connectivity index (χ0n) is 24.5. The summed E-state index contributed by atoms with van der Waals surface area (Å²) in [6.45, 7) is 3.39. The highest BCUT2D eigenvalue weighted by atomic mass is 35.5. The predicted octanol–water partition coefficient (Wildman–Crippen LogP) is 3.95. The molecule has 2 heterocycles. The summed E-state index contributed by atoms with van der Waals surface area (Å²) in [5.41, 5.74) is 2.05. The number of carbonyl (C=O) groups is 4. The van der Waals surface area contributed by atoms with Crippen molar-refractivity contribution >= 4 is 35.4 Å². The Morgan fingerprint density at radius 2 is 1.36 bits per heavy atom. The minimum absolute atomic E-state index is 0.0308. The van der Waals surface area contributed by atoms with E-state index in [2.05, 4.69) is 0 Å². The van der Waals surface area contributed by atoms with E-state index in [1.165, 1.54) is 36.8 Å². The molecule has 2 unspecified atom stereocenters. The summed E-state index contributed by atoms with van der Waals surface area (Å²) in [6.07, 6.45) is -0.0894. The number of amides is 2. The van der Waals surface area contributed by atoms with Gasteiger partial charge in [-0.05, 0) is 28.8 Å². The first-order chi connectivity index (χ1) is 20.8. The number of hydrogen-bond acceptors (Lipinski definition) is 8. The lowest BCUT2D eigenvalue weighted by Gasteiger charge is -2.17. The van der Waals surface area contributed by atoms with Crippen molar-refractivity contribution in [2.24, 2.45) is 11.8 Å². The number of carboxylic acid groups (broad SMARTS) is 2. The molecule has 0 radical (unpaired) electrons. The third kappa shape index (κ3) is 6.93. The monoisotopic (exact) mass is 636 g/mol. The van der Waals surface area contributed by atoms with E-state index >= 15 is 4.39 Å². The summed E-state index contributed by atoms with van der Waals surface area (Å²) >= 11 is 6.64. The quantitative estimate of drug-likeness (QED) is 0.274. The van der Waals surface area contributed by atoms with Crippen molar-refractivity contribution in [1.82, 2.24) is 9.80 Å². The lowest BCUT2D eigenvalue weighted by atomic mass is 10.1. The van der Waals surface area contributed by atoms with Gasteiger partial charge in [-0.15, -0.1) is 0 Å². The molecule has 14 heteroatoms. The summed E-state index contributed by atoms with van der Waals surface area (Å²) in [6, 6.07) is 3.05. The molecular weight excluding hydrogens is 603 g/mol. The van der Waals surface area contributed by atoms with Crippen molar-refractivity contribution in [3.05, 3.63) is 45.2 Å². The molecule has 12 nitrogen and oxygen atoms in total. The lowest BCUT2D eigenvalue weighted by molar-refractivity contribution is -0.145. The highest BCUT2D eigenvalue weighted by Crippen LogP contribution is 2.43. The Bertz CT molecular complexity index is 1480. The summed E-state index contributed by atoms with van der Waals surface area (Å²) in [5.74, 6) is -5.54. The van der Waals surface area contributed by atoms with Crippen molar-refractivity contribution in [1.29, 1.82) is 0 Å². The van der Waals surface area contributed by atoms with E-state index in [0.717, 1.165) is 5.56 Å². The van der Waals surface area contributed by atoms with Gasteiger partial charge in [0.05, 0.1) is 37.2 Å². The number of hydrogen-bond donors (Lipinski definition) is 3. The predicted molar refractivity (Wildman–Crippen MR) is 153 cm³/mol. The van der Waals surface area contributed by atoms with Crippen LogP contribution in [0.25, 0.3) is 0 Å². The van der Waals surface area contributed by atoms with Crippen LogP contribution >= 0.6 is 11.6 Å². The fourth-order valence-electron chi connectivity index (χ4n) is 5.07. The molecule has 0 spiro atoms. The molecule has 2 atom stereocenters. The minimum atomic E-state index is -1.10. The Kier molecular flexibility index (Phi) is 10.1. The number of rotatable bonds is 13. The second-order valence-electron chi connectivity index (χ2n) is 11.0. The van der Waals surface area contributed by atoms with E-state index in [1.54, 1.807) is 6.07 Å². The average molecular weight is 637 g/mol. The Hall–Kier alpha value is -4.26. The van der Waals surface area contributed by atoms with E-state index in [0.29, 0.717) is 16.9 Å². The molecule has 0 bridgehead atoms. The number of methoxy groups -OCH3 is 1. The van der Waals surface area contributed by atoms with Gasteiger partial charge in [-0.3, -0.25) is 19.2 Å². The van der Waals surface area contributed by atoms with Crippen molar-refractivity contribution in [3.63, 3.8) is 0 Å². The Morgan fingerprint density at radius 1 is 0.864 bits per heavy atom. The molecule has 2 aliphatic rings. The van der Waals surface area contributed by atoms with Gasteiger partial charge in [0.25, 0.3) is 0 Å². The third-order valence-electron chi connectivity index (χ3n) is 7.71. The number of aromatic hydroxyl groups is 1. The molecule has 238 valence electrons. The highest BCUT2D eigenvalue weighted by Gasteiger charge is 2.32. The Morgan fingerprint density at radius 3 is 1.89 bits per heavy atom. The van der Waals surface area contributed by atoms with Crippen LogP contribution in [0.2, 0.25) is 5.02 Å². The van der Waals surface area contributed by atoms with E-state index < -0.39 is 41.2 Å². The Labute approximate surface area is 257 Å². The van der Waals surface area contributed by atoms with Gasteiger partial charge in [-0.25, -0.2) is 4.39 Å². The number of ether oxygens (including phenoxy) is 3. The standard InChI is InChI=1S/C30H34ClFN2O10/c1-15(29(38)39)7-23(36)33-12-18-10-22(42-3)28(25(31)19(18)13-33)44-6-4-5-43-27-21(35)9-17-11-34(14-20(17)26(27)32)24(37)8-16(2)30(40)41/h9-10,15-16,35H,4-8,11-14H2,1-3H3,(H,38,39)(H,40,41). The van der Waals surface area contributed by atoms with Crippen molar-refractivity contribution in [2.75, 3.05) is 20.3 Å². The molecule has 0 aliphatic carbocycles. The van der Waals surface area contributed by atoms with Gasteiger partial charge in [-0.2, -0.15) is 0 Å². The topological polar surface area (TPSA) is 163 Å². The van der Waals surface area contributed by atoms with E-state index in [4.69, 9.17) is 36.0 Å². The van der Waals surface area contributed by atoms with Crippen LogP contribution in [0.3, 0.4) is 0 Å². The second-order valence-corrected chi connectivity index (χ2v) is 11.4. The maximum atomic E-state index is 15.3. The van der Waals surface area contributed by atoms with E-state index in [9.17, 15) is 24.3 Å². The van der Waals surface area contributed by atoms with Crippen molar-refractivity contribution < 1.29 is 53.1 Å². The Balaban J connectivity index is 1.34. The maximum Gasteiger partial charge on any atom is 0.306 e. The number of carbonyl (C=O) groups excluding carboxylic acids is 2. The van der Waals surface area contributed by atoms with Gasteiger partial charge in [0.1, 0.15) is 0 Å².